The molecule has 0 fully saturated rings. The number of nitrogens with zero attached hydrogens (tertiary/aromatic N) is 2. The lowest BCUT2D eigenvalue weighted by atomic mass is 10.2. The van der Waals surface area contributed by atoms with Crippen LogP contribution in [0.1, 0.15) is 11.3 Å². The fourth-order valence-electron chi connectivity index (χ4n) is 1.81. The molecule has 4 heteroatoms. The van der Waals surface area contributed by atoms with Crippen LogP contribution >= 0.6 is 0 Å². The van der Waals surface area contributed by atoms with Crippen molar-refractivity contribution in [3.8, 4) is 11.8 Å². The number of pyridine rings is 1. The first-order chi connectivity index (χ1) is 9.88. The van der Waals surface area contributed by atoms with Crippen molar-refractivity contribution < 1.29 is 4.74 Å². The minimum absolute atomic E-state index is 0.0850. The van der Waals surface area contributed by atoms with E-state index in [2.05, 4.69) is 10.3 Å². The highest BCUT2D eigenvalue weighted by Crippen LogP contribution is 2.11. The molecule has 0 aliphatic rings. The van der Waals surface area contributed by atoms with E-state index >= 15 is 0 Å². The van der Waals surface area contributed by atoms with E-state index in [0.29, 0.717) is 0 Å². The van der Waals surface area contributed by atoms with Crippen molar-refractivity contribution in [2.45, 2.75) is 13.0 Å². The van der Waals surface area contributed by atoms with E-state index < -0.39 is 0 Å². The average Bonchev–Trinajstić information content (AvgIpc) is 2.52. The highest BCUT2D eigenvalue weighted by Gasteiger charge is 1.96. The van der Waals surface area contributed by atoms with E-state index in [1.165, 1.54) is 5.56 Å². The summed E-state index contributed by atoms with van der Waals surface area (Å²) < 4.78 is 5.20. The molecule has 102 valence electrons. The second kappa shape index (κ2) is 7.93. The lowest BCUT2D eigenvalue weighted by molar-refractivity contribution is 0.368. The molecule has 1 heterocycles. The van der Waals surface area contributed by atoms with Crippen LogP contribution in [-0.4, -0.2) is 18.1 Å². The standard InChI is InChI=1S/C16H17N3O/c17-9-12-20-16-6-4-14(5-7-16)13-18-11-8-15-3-1-2-10-19-15/h1-7,10,18H,8,11-13H2. The molecule has 0 aliphatic carbocycles. The fourth-order valence-corrected chi connectivity index (χ4v) is 1.81. The minimum Gasteiger partial charge on any atom is -0.479 e. The maximum absolute atomic E-state index is 8.43. The van der Waals surface area contributed by atoms with Crippen LogP contribution in [0.2, 0.25) is 0 Å². The third-order valence-corrected chi connectivity index (χ3v) is 2.84. The van der Waals surface area contributed by atoms with Crippen LogP contribution in [-0.2, 0) is 13.0 Å². The summed E-state index contributed by atoms with van der Waals surface area (Å²) in [5, 5.41) is 11.8. The van der Waals surface area contributed by atoms with E-state index in [9.17, 15) is 0 Å². The van der Waals surface area contributed by atoms with Crippen molar-refractivity contribution in [3.63, 3.8) is 0 Å². The Morgan fingerprint density at radius 1 is 1.15 bits per heavy atom. The zero-order valence-corrected chi connectivity index (χ0v) is 11.2. The SMILES string of the molecule is N#CCOc1ccc(CNCCc2ccccn2)cc1. The Morgan fingerprint density at radius 3 is 2.70 bits per heavy atom. The molecule has 0 amide bonds. The number of rotatable bonds is 7. The van der Waals surface area contributed by atoms with Crippen molar-refractivity contribution in [1.82, 2.24) is 10.3 Å². The van der Waals surface area contributed by atoms with E-state index in [0.717, 1.165) is 31.0 Å². The molecule has 1 aromatic heterocycles. The Bertz CT molecular complexity index is 546. The van der Waals surface area contributed by atoms with Gasteiger partial charge in [0.15, 0.2) is 6.61 Å². The first kappa shape index (κ1) is 14.0. The van der Waals surface area contributed by atoms with Gasteiger partial charge in [-0.3, -0.25) is 4.98 Å². The van der Waals surface area contributed by atoms with Crippen LogP contribution in [0.5, 0.6) is 5.75 Å². The number of hydrogen-bond acceptors (Lipinski definition) is 4. The lowest BCUT2D eigenvalue weighted by Crippen LogP contribution is -2.17. The Kier molecular flexibility index (Phi) is 5.56. The van der Waals surface area contributed by atoms with Gasteiger partial charge in [-0.1, -0.05) is 18.2 Å². The molecule has 0 spiro atoms. The second-order valence-electron chi connectivity index (χ2n) is 4.34. The molecule has 2 aromatic rings. The molecule has 0 saturated heterocycles. The van der Waals surface area contributed by atoms with Gasteiger partial charge in [0.1, 0.15) is 11.8 Å². The number of aromatic nitrogens is 1. The van der Waals surface area contributed by atoms with Crippen LogP contribution in [0.15, 0.2) is 48.7 Å². The van der Waals surface area contributed by atoms with Gasteiger partial charge >= 0.3 is 0 Å². The highest BCUT2D eigenvalue weighted by atomic mass is 16.5. The maximum atomic E-state index is 8.43. The summed E-state index contributed by atoms with van der Waals surface area (Å²) >= 11 is 0. The predicted octanol–water partition coefficient (Wildman–Crippen LogP) is 2.32. The van der Waals surface area contributed by atoms with Crippen LogP contribution in [0.25, 0.3) is 0 Å². The van der Waals surface area contributed by atoms with Gasteiger partial charge in [0, 0.05) is 31.4 Å². The van der Waals surface area contributed by atoms with E-state index in [1.807, 2.05) is 54.7 Å². The second-order valence-corrected chi connectivity index (χ2v) is 4.34. The van der Waals surface area contributed by atoms with Crippen molar-refractivity contribution in [3.05, 3.63) is 59.9 Å². The van der Waals surface area contributed by atoms with Crippen molar-refractivity contribution in [1.29, 1.82) is 5.26 Å². The van der Waals surface area contributed by atoms with Gasteiger partial charge in [-0.2, -0.15) is 5.26 Å². The summed E-state index contributed by atoms with van der Waals surface area (Å²) in [7, 11) is 0. The van der Waals surface area contributed by atoms with E-state index in [-0.39, 0.29) is 6.61 Å². The third kappa shape index (κ3) is 4.71. The van der Waals surface area contributed by atoms with E-state index in [1.54, 1.807) is 0 Å². The topological polar surface area (TPSA) is 57.9 Å². The van der Waals surface area contributed by atoms with Crippen LogP contribution in [0, 0.1) is 11.3 Å². The van der Waals surface area contributed by atoms with E-state index in [4.69, 9.17) is 10.00 Å². The number of nitrogens with one attached hydrogen (secondary N) is 1. The smallest absolute Gasteiger partial charge is 0.174 e. The maximum Gasteiger partial charge on any atom is 0.174 e. The van der Waals surface area contributed by atoms with Gasteiger partial charge in [0.2, 0.25) is 0 Å². The van der Waals surface area contributed by atoms with Crippen LogP contribution in [0.4, 0.5) is 0 Å². The molecule has 0 radical (unpaired) electrons. The fraction of sp³-hybridized carbons (Fsp3) is 0.250. The summed E-state index contributed by atoms with van der Waals surface area (Å²) in [6, 6.07) is 15.7. The van der Waals surface area contributed by atoms with Crippen molar-refractivity contribution in [2.24, 2.45) is 0 Å². The molecule has 0 atom stereocenters. The number of nitriles is 1. The number of benzene rings is 1. The van der Waals surface area contributed by atoms with Crippen molar-refractivity contribution >= 4 is 0 Å². The van der Waals surface area contributed by atoms with Gasteiger partial charge in [0.25, 0.3) is 0 Å². The molecule has 4 nitrogen and oxygen atoms in total. The Morgan fingerprint density at radius 2 is 2.00 bits per heavy atom. The molecule has 1 N–H and O–H groups in total. The van der Waals surface area contributed by atoms with Gasteiger partial charge in [-0.25, -0.2) is 0 Å². The molecular weight excluding hydrogens is 250 g/mol. The lowest BCUT2D eigenvalue weighted by Gasteiger charge is -2.06. The Balaban J connectivity index is 1.70. The zero-order valence-electron chi connectivity index (χ0n) is 11.2. The summed E-state index contributed by atoms with van der Waals surface area (Å²) in [6.45, 7) is 1.79. The predicted molar refractivity (Wildman–Crippen MR) is 77.2 cm³/mol. The van der Waals surface area contributed by atoms with Crippen LogP contribution in [0.3, 0.4) is 0 Å². The van der Waals surface area contributed by atoms with Gasteiger partial charge in [0.05, 0.1) is 0 Å². The first-order valence-electron chi connectivity index (χ1n) is 6.58. The quantitative estimate of drug-likeness (QED) is 0.782. The van der Waals surface area contributed by atoms with Gasteiger partial charge in [-0.15, -0.1) is 0 Å². The highest BCUT2D eigenvalue weighted by molar-refractivity contribution is 5.27. The molecule has 20 heavy (non-hydrogen) atoms. The van der Waals surface area contributed by atoms with Gasteiger partial charge in [-0.05, 0) is 29.8 Å². The summed E-state index contributed by atoms with van der Waals surface area (Å²) in [5.74, 6) is 0.726. The number of hydrogen-bond donors (Lipinski definition) is 1. The number of ether oxygens (including phenoxy) is 1. The molecule has 0 unspecified atom stereocenters. The molecule has 1 aromatic carbocycles. The largest absolute Gasteiger partial charge is 0.479 e. The third-order valence-electron chi connectivity index (χ3n) is 2.84. The Labute approximate surface area is 119 Å². The summed E-state index contributed by atoms with van der Waals surface area (Å²) in [5.41, 5.74) is 2.29. The minimum atomic E-state index is 0.0850. The molecule has 2 rings (SSSR count). The summed E-state index contributed by atoms with van der Waals surface area (Å²) in [6.07, 6.45) is 2.74. The van der Waals surface area contributed by atoms with Crippen LogP contribution < -0.4 is 10.1 Å². The molecular formula is C16H17N3O. The monoisotopic (exact) mass is 267 g/mol. The zero-order chi connectivity index (χ0) is 14.0. The van der Waals surface area contributed by atoms with Gasteiger partial charge < -0.3 is 10.1 Å². The normalized spacial score (nSPS) is 9.95. The summed E-state index contributed by atoms with van der Waals surface area (Å²) in [4.78, 5) is 4.28. The molecule has 0 aliphatic heterocycles. The Hall–Kier alpha value is -2.38. The first-order valence-corrected chi connectivity index (χ1v) is 6.58. The average molecular weight is 267 g/mol. The molecule has 0 bridgehead atoms. The molecule has 0 saturated carbocycles. The van der Waals surface area contributed by atoms with Crippen molar-refractivity contribution in [2.75, 3.05) is 13.2 Å².